The summed E-state index contributed by atoms with van der Waals surface area (Å²) >= 11 is 6.22. The maximum Gasteiger partial charge on any atom is 0.253 e. The van der Waals surface area contributed by atoms with Gasteiger partial charge in [0.15, 0.2) is 5.88 Å². The molecule has 4 N–H and O–H groups in total. The van der Waals surface area contributed by atoms with Crippen molar-refractivity contribution in [2.45, 2.75) is 33.6 Å². The Hall–Kier alpha value is -2.70. The summed E-state index contributed by atoms with van der Waals surface area (Å²) < 4.78 is 0. The smallest absolute Gasteiger partial charge is 0.253 e. The first-order chi connectivity index (χ1) is 14.9. The number of halogens is 1. The van der Waals surface area contributed by atoms with Gasteiger partial charge in [-0.2, -0.15) is 0 Å². The van der Waals surface area contributed by atoms with Gasteiger partial charge >= 0.3 is 0 Å². The quantitative estimate of drug-likeness (QED) is 0.432. The van der Waals surface area contributed by atoms with Crippen molar-refractivity contribution in [2.24, 2.45) is 0 Å². The third-order valence-corrected chi connectivity index (χ3v) is 6.38. The second-order valence-electron chi connectivity index (χ2n) is 7.96. The lowest BCUT2D eigenvalue weighted by atomic mass is 9.89. The van der Waals surface area contributed by atoms with Crippen LogP contribution in [0.3, 0.4) is 0 Å². The summed E-state index contributed by atoms with van der Waals surface area (Å²) in [5.41, 5.74) is 5.90. The Morgan fingerprint density at radius 1 is 1.26 bits per heavy atom. The molecule has 0 fully saturated rings. The van der Waals surface area contributed by atoms with Crippen LogP contribution in [0.15, 0.2) is 24.3 Å². The van der Waals surface area contributed by atoms with Crippen molar-refractivity contribution < 1.29 is 9.90 Å². The first-order valence-corrected chi connectivity index (χ1v) is 11.2. The van der Waals surface area contributed by atoms with Crippen molar-refractivity contribution in [3.8, 4) is 5.88 Å². The molecule has 0 saturated heterocycles. The number of carbonyl (C=O) groups excluding carboxylic acids is 1. The first kappa shape index (κ1) is 21.5. The lowest BCUT2D eigenvalue weighted by Crippen LogP contribution is -2.35. The number of benzene rings is 1. The van der Waals surface area contributed by atoms with Crippen molar-refractivity contribution in [1.29, 1.82) is 0 Å². The van der Waals surface area contributed by atoms with E-state index in [1.165, 1.54) is 0 Å². The fourth-order valence-corrected chi connectivity index (χ4v) is 4.70. The summed E-state index contributed by atoms with van der Waals surface area (Å²) in [6.07, 6.45) is 3.70. The molecule has 6 nitrogen and oxygen atoms in total. The predicted octanol–water partition coefficient (Wildman–Crippen LogP) is 4.61. The van der Waals surface area contributed by atoms with Crippen LogP contribution < -0.4 is 5.32 Å². The average molecular weight is 441 g/mol. The highest BCUT2D eigenvalue weighted by molar-refractivity contribution is 6.31. The van der Waals surface area contributed by atoms with Crippen LogP contribution in [0, 0.1) is 6.92 Å². The molecule has 7 heteroatoms. The third kappa shape index (κ3) is 3.98. The zero-order valence-corrected chi connectivity index (χ0v) is 19.0. The molecule has 0 unspecified atom stereocenters. The van der Waals surface area contributed by atoms with E-state index in [0.717, 1.165) is 71.5 Å². The minimum Gasteiger partial charge on any atom is -0.494 e. The number of hydrogen-bond acceptors (Lipinski definition) is 3. The van der Waals surface area contributed by atoms with Gasteiger partial charge in [0.1, 0.15) is 0 Å². The van der Waals surface area contributed by atoms with Gasteiger partial charge in [-0.25, -0.2) is 0 Å². The molecule has 3 aromatic rings. The van der Waals surface area contributed by atoms with E-state index in [2.05, 4.69) is 40.1 Å². The van der Waals surface area contributed by atoms with Crippen molar-refractivity contribution >= 4 is 34.0 Å². The highest BCUT2D eigenvalue weighted by atomic mass is 35.5. The van der Waals surface area contributed by atoms with Gasteiger partial charge in [-0.1, -0.05) is 31.5 Å². The minimum atomic E-state index is -0.0467. The number of aromatic hydroxyl groups is 1. The van der Waals surface area contributed by atoms with Gasteiger partial charge in [0, 0.05) is 40.3 Å². The van der Waals surface area contributed by atoms with Gasteiger partial charge in [-0.05, 0) is 56.6 Å². The molecule has 2 heterocycles. The summed E-state index contributed by atoms with van der Waals surface area (Å²) in [6, 6.07) is 5.51. The number of aromatic nitrogens is 2. The van der Waals surface area contributed by atoms with Crippen LogP contribution in [-0.4, -0.2) is 52.1 Å². The fourth-order valence-electron chi connectivity index (χ4n) is 4.53. The number of fused-ring (bicyclic) bond motifs is 2. The Bertz CT molecular complexity index is 1150. The lowest BCUT2D eigenvalue weighted by Gasteiger charge is -2.18. The molecule has 164 valence electrons. The van der Waals surface area contributed by atoms with Gasteiger partial charge < -0.3 is 25.3 Å². The summed E-state index contributed by atoms with van der Waals surface area (Å²) in [5.74, 6) is 0.0587. The second kappa shape index (κ2) is 8.81. The van der Waals surface area contributed by atoms with Crippen LogP contribution in [0.2, 0.25) is 5.02 Å². The zero-order chi connectivity index (χ0) is 22.1. The molecule has 2 aromatic heterocycles. The highest BCUT2D eigenvalue weighted by Crippen LogP contribution is 2.41. The zero-order valence-electron chi connectivity index (χ0n) is 18.2. The number of carbonyl (C=O) groups is 1. The number of H-pyrrole nitrogens is 2. The average Bonchev–Trinajstić information content (AvgIpc) is 3.26. The monoisotopic (exact) mass is 440 g/mol. The predicted molar refractivity (Wildman–Crippen MR) is 126 cm³/mol. The SMILES string of the molecule is CCN(CC)CCNC(=O)c1c(C)[nH]c2c1CCC=C2c1c(O)[nH]c2ccc(Cl)cc12. The van der Waals surface area contributed by atoms with Gasteiger partial charge in [-0.3, -0.25) is 4.79 Å². The number of aryl methyl sites for hydroxylation is 1. The molecule has 0 aliphatic heterocycles. The van der Waals surface area contributed by atoms with Crippen molar-refractivity contribution in [1.82, 2.24) is 20.2 Å². The van der Waals surface area contributed by atoms with E-state index in [4.69, 9.17) is 11.6 Å². The second-order valence-corrected chi connectivity index (χ2v) is 8.39. The van der Waals surface area contributed by atoms with Gasteiger partial charge in [0.05, 0.1) is 16.8 Å². The molecule has 31 heavy (non-hydrogen) atoms. The number of nitrogens with zero attached hydrogens (tertiary/aromatic N) is 1. The summed E-state index contributed by atoms with van der Waals surface area (Å²) in [6.45, 7) is 9.57. The number of likely N-dealkylation sites (N-methyl/N-ethyl adjacent to an activating group) is 1. The van der Waals surface area contributed by atoms with Crippen molar-refractivity contribution in [2.75, 3.05) is 26.2 Å². The standard InChI is InChI=1S/C24H29ClN4O2/c1-4-29(5-2)12-11-26-23(30)20-14(3)27-22-16(20)7-6-8-17(22)21-18-13-15(25)9-10-19(18)28-24(21)31/h8-10,13,27-28,31H,4-7,11-12H2,1-3H3,(H,26,30). The minimum absolute atomic E-state index is 0.0467. The van der Waals surface area contributed by atoms with E-state index in [-0.39, 0.29) is 11.8 Å². The third-order valence-electron chi connectivity index (χ3n) is 6.15. The molecule has 1 amide bonds. The Morgan fingerprint density at radius 3 is 2.77 bits per heavy atom. The van der Waals surface area contributed by atoms with Crippen LogP contribution in [-0.2, 0) is 6.42 Å². The molecular weight excluding hydrogens is 412 g/mol. The Labute approximate surface area is 187 Å². The highest BCUT2D eigenvalue weighted by Gasteiger charge is 2.28. The van der Waals surface area contributed by atoms with Gasteiger partial charge in [0.25, 0.3) is 5.91 Å². The van der Waals surface area contributed by atoms with Gasteiger partial charge in [0.2, 0.25) is 0 Å². The van der Waals surface area contributed by atoms with E-state index in [9.17, 15) is 9.90 Å². The molecule has 0 saturated carbocycles. The fraction of sp³-hybridized carbons (Fsp3) is 0.375. The van der Waals surface area contributed by atoms with E-state index < -0.39 is 0 Å². The van der Waals surface area contributed by atoms with Crippen molar-refractivity contribution in [3.05, 3.63) is 57.4 Å². The molecule has 0 spiro atoms. The molecule has 1 aliphatic carbocycles. The number of nitrogens with one attached hydrogen (secondary N) is 3. The number of allylic oxidation sites excluding steroid dienone is 1. The Morgan fingerprint density at radius 2 is 2.03 bits per heavy atom. The largest absolute Gasteiger partial charge is 0.494 e. The Balaban J connectivity index is 1.67. The topological polar surface area (TPSA) is 84.2 Å². The van der Waals surface area contributed by atoms with Crippen LogP contribution in [0.25, 0.3) is 16.5 Å². The molecule has 0 radical (unpaired) electrons. The molecule has 1 aromatic carbocycles. The summed E-state index contributed by atoms with van der Waals surface area (Å²) in [5, 5.41) is 15.2. The normalized spacial score (nSPS) is 13.5. The van der Waals surface area contributed by atoms with Crippen LogP contribution in [0.5, 0.6) is 5.88 Å². The van der Waals surface area contributed by atoms with Crippen LogP contribution >= 0.6 is 11.6 Å². The number of amides is 1. The Kier molecular flexibility index (Phi) is 6.12. The molecule has 1 aliphatic rings. The number of aromatic amines is 2. The maximum absolute atomic E-state index is 13.0. The molecule has 4 rings (SSSR count). The lowest BCUT2D eigenvalue weighted by molar-refractivity contribution is 0.0947. The van der Waals surface area contributed by atoms with Crippen LogP contribution in [0.4, 0.5) is 0 Å². The molecule has 0 atom stereocenters. The summed E-state index contributed by atoms with van der Waals surface area (Å²) in [4.78, 5) is 21.8. The van der Waals surface area contributed by atoms with Gasteiger partial charge in [-0.15, -0.1) is 0 Å². The first-order valence-electron chi connectivity index (χ1n) is 10.9. The molecular formula is C24H29ClN4O2. The summed E-state index contributed by atoms with van der Waals surface area (Å²) in [7, 11) is 0. The van der Waals surface area contributed by atoms with E-state index in [0.29, 0.717) is 17.1 Å². The van der Waals surface area contributed by atoms with E-state index in [1.54, 1.807) is 6.07 Å². The van der Waals surface area contributed by atoms with E-state index in [1.807, 2.05) is 19.1 Å². The molecule has 0 bridgehead atoms. The van der Waals surface area contributed by atoms with Crippen molar-refractivity contribution in [3.63, 3.8) is 0 Å². The number of rotatable bonds is 7. The number of hydrogen-bond donors (Lipinski definition) is 4. The van der Waals surface area contributed by atoms with Crippen LogP contribution in [0.1, 0.15) is 53.1 Å². The van der Waals surface area contributed by atoms with E-state index >= 15 is 0 Å². The maximum atomic E-state index is 13.0.